The van der Waals surface area contributed by atoms with E-state index < -0.39 is 15.5 Å². The third-order valence-electron chi connectivity index (χ3n) is 2.39. The fourth-order valence-electron chi connectivity index (χ4n) is 1.29. The van der Waals surface area contributed by atoms with Gasteiger partial charge in [0.2, 0.25) is 5.88 Å². The Labute approximate surface area is 103 Å². The second kappa shape index (κ2) is 5.21. The number of rotatable bonds is 5. The van der Waals surface area contributed by atoms with Crippen molar-refractivity contribution in [2.24, 2.45) is 0 Å². The third kappa shape index (κ3) is 2.98. The number of furan rings is 1. The van der Waals surface area contributed by atoms with Crippen LogP contribution in [0, 0.1) is 0 Å². The lowest BCUT2D eigenvalue weighted by molar-refractivity contribution is -0.0437. The first kappa shape index (κ1) is 14.9. The van der Waals surface area contributed by atoms with Gasteiger partial charge in [-0.1, -0.05) is 13.3 Å². The summed E-state index contributed by atoms with van der Waals surface area (Å²) in [7, 11) is -4.59. The molecule has 0 saturated carbocycles. The van der Waals surface area contributed by atoms with Crippen molar-refractivity contribution >= 4 is 15.9 Å². The van der Waals surface area contributed by atoms with Gasteiger partial charge in [0.15, 0.2) is 0 Å². The average Bonchev–Trinajstić information content (AvgIpc) is 2.72. The van der Waals surface area contributed by atoms with Crippen molar-refractivity contribution in [1.82, 2.24) is 0 Å². The van der Waals surface area contributed by atoms with Gasteiger partial charge in [0.25, 0.3) is 0 Å². The van der Waals surface area contributed by atoms with Gasteiger partial charge in [0, 0.05) is 19.5 Å². The van der Waals surface area contributed by atoms with Gasteiger partial charge in [0.1, 0.15) is 5.76 Å². The minimum absolute atomic E-state index is 0.0996. The number of anilines is 1. The zero-order valence-corrected chi connectivity index (χ0v) is 10.8. The molecular weight excluding hydrogens is 271 g/mol. The molecule has 0 unspecified atom stereocenters. The van der Waals surface area contributed by atoms with Crippen molar-refractivity contribution in [2.75, 3.05) is 11.4 Å². The van der Waals surface area contributed by atoms with Gasteiger partial charge in [0.05, 0.1) is 0 Å². The standard InChI is InChI=1S/C10H14F3NO3S/c1-3-4-5-8-6-7-9(17-8)14(2)18(15,16)10(11,12)13/h6-7H,3-5H2,1-2H3. The summed E-state index contributed by atoms with van der Waals surface area (Å²) < 4.78 is 64.3. The second-order valence-corrected chi connectivity index (χ2v) is 5.72. The predicted molar refractivity (Wildman–Crippen MR) is 60.7 cm³/mol. The van der Waals surface area contributed by atoms with E-state index in [1.807, 2.05) is 6.92 Å². The van der Waals surface area contributed by atoms with E-state index in [9.17, 15) is 21.6 Å². The molecular formula is C10H14F3NO3S. The lowest BCUT2D eigenvalue weighted by atomic mass is 10.2. The average molecular weight is 285 g/mol. The van der Waals surface area contributed by atoms with E-state index in [2.05, 4.69) is 0 Å². The summed E-state index contributed by atoms with van der Waals surface area (Å²) in [5.41, 5.74) is -5.34. The second-order valence-electron chi connectivity index (χ2n) is 3.76. The summed E-state index contributed by atoms with van der Waals surface area (Å²) in [6.07, 6.45) is 2.30. The highest BCUT2D eigenvalue weighted by atomic mass is 32.2. The minimum Gasteiger partial charge on any atom is -0.445 e. The number of halogens is 3. The van der Waals surface area contributed by atoms with Crippen LogP contribution in [0.2, 0.25) is 0 Å². The van der Waals surface area contributed by atoms with Gasteiger partial charge >= 0.3 is 15.5 Å². The first-order chi connectivity index (χ1) is 8.20. The summed E-state index contributed by atoms with van der Waals surface area (Å²) in [5.74, 6) is 0.134. The van der Waals surface area contributed by atoms with Crippen LogP contribution < -0.4 is 4.31 Å². The van der Waals surface area contributed by atoms with Crippen LogP contribution in [0.15, 0.2) is 16.5 Å². The van der Waals surface area contributed by atoms with E-state index in [0.29, 0.717) is 12.2 Å². The maximum absolute atomic E-state index is 12.3. The number of nitrogens with zero attached hydrogens (tertiary/aromatic N) is 1. The Morgan fingerprint density at radius 2 is 1.94 bits per heavy atom. The molecule has 8 heteroatoms. The van der Waals surface area contributed by atoms with E-state index >= 15 is 0 Å². The zero-order chi connectivity index (χ0) is 14.0. The van der Waals surface area contributed by atoms with Crippen LogP contribution in [0.25, 0.3) is 0 Å². The molecule has 18 heavy (non-hydrogen) atoms. The molecule has 0 saturated heterocycles. The van der Waals surface area contributed by atoms with Crippen LogP contribution in [0.1, 0.15) is 25.5 Å². The maximum Gasteiger partial charge on any atom is 0.516 e. The maximum atomic E-state index is 12.3. The molecule has 104 valence electrons. The monoisotopic (exact) mass is 285 g/mol. The molecule has 1 rings (SSSR count). The predicted octanol–water partition coefficient (Wildman–Crippen LogP) is 2.91. The molecule has 0 aliphatic carbocycles. The number of aryl methyl sites for hydroxylation is 1. The van der Waals surface area contributed by atoms with Crippen molar-refractivity contribution in [1.29, 1.82) is 0 Å². The van der Waals surface area contributed by atoms with Gasteiger partial charge in [-0.3, -0.25) is 0 Å². The number of sulfonamides is 1. The lowest BCUT2D eigenvalue weighted by Crippen LogP contribution is -2.37. The molecule has 4 nitrogen and oxygen atoms in total. The fraction of sp³-hybridized carbons (Fsp3) is 0.600. The number of unbranched alkanes of at least 4 members (excludes halogenated alkanes) is 1. The normalized spacial score (nSPS) is 12.7. The lowest BCUT2D eigenvalue weighted by Gasteiger charge is -2.17. The fourth-order valence-corrected chi connectivity index (χ4v) is 1.94. The molecule has 0 bridgehead atoms. The molecule has 0 aromatic carbocycles. The molecule has 0 N–H and O–H groups in total. The van der Waals surface area contributed by atoms with Crippen LogP contribution in [0.5, 0.6) is 0 Å². The Hall–Kier alpha value is -1.18. The Bertz CT molecular complexity index is 493. The minimum atomic E-state index is -5.40. The number of alkyl halides is 3. The van der Waals surface area contributed by atoms with E-state index in [4.69, 9.17) is 4.42 Å². The summed E-state index contributed by atoms with van der Waals surface area (Å²) >= 11 is 0. The highest BCUT2D eigenvalue weighted by Crippen LogP contribution is 2.30. The summed E-state index contributed by atoms with van der Waals surface area (Å²) in [4.78, 5) is 0. The highest BCUT2D eigenvalue weighted by molar-refractivity contribution is 7.93. The topological polar surface area (TPSA) is 50.5 Å². The molecule has 0 aliphatic rings. The Morgan fingerprint density at radius 1 is 1.33 bits per heavy atom. The van der Waals surface area contributed by atoms with E-state index in [0.717, 1.165) is 19.9 Å². The van der Waals surface area contributed by atoms with Gasteiger partial charge < -0.3 is 4.42 Å². The molecule has 0 aliphatic heterocycles. The molecule has 0 atom stereocenters. The van der Waals surface area contributed by atoms with E-state index in [1.54, 1.807) is 0 Å². The van der Waals surface area contributed by atoms with Crippen molar-refractivity contribution in [3.8, 4) is 0 Å². The molecule has 1 aromatic rings. The number of hydrogen-bond acceptors (Lipinski definition) is 3. The Balaban J connectivity index is 2.91. The SMILES string of the molecule is CCCCc1ccc(N(C)S(=O)(=O)C(F)(F)F)o1. The highest BCUT2D eigenvalue weighted by Gasteiger charge is 2.49. The van der Waals surface area contributed by atoms with Crippen LogP contribution >= 0.6 is 0 Å². The smallest absolute Gasteiger partial charge is 0.445 e. The van der Waals surface area contributed by atoms with Gasteiger partial charge in [-0.2, -0.15) is 21.6 Å². The molecule has 1 heterocycles. The van der Waals surface area contributed by atoms with Gasteiger partial charge in [-0.25, -0.2) is 4.31 Å². The molecule has 1 aromatic heterocycles. The van der Waals surface area contributed by atoms with Crippen molar-refractivity contribution in [2.45, 2.75) is 31.7 Å². The van der Waals surface area contributed by atoms with Gasteiger partial charge in [-0.15, -0.1) is 0 Å². The number of hydrogen-bond donors (Lipinski definition) is 0. The summed E-state index contributed by atoms with van der Waals surface area (Å²) in [5, 5.41) is 0. The largest absolute Gasteiger partial charge is 0.516 e. The first-order valence-corrected chi connectivity index (χ1v) is 6.78. The Kier molecular flexibility index (Phi) is 4.31. The van der Waals surface area contributed by atoms with Crippen LogP contribution in [-0.4, -0.2) is 21.0 Å². The van der Waals surface area contributed by atoms with Crippen LogP contribution in [0.3, 0.4) is 0 Å². The van der Waals surface area contributed by atoms with Crippen molar-refractivity contribution in [3.63, 3.8) is 0 Å². The van der Waals surface area contributed by atoms with Crippen molar-refractivity contribution < 1.29 is 26.0 Å². The third-order valence-corrected chi connectivity index (χ3v) is 3.87. The van der Waals surface area contributed by atoms with E-state index in [-0.39, 0.29) is 10.2 Å². The molecule has 0 spiro atoms. The molecule has 0 fully saturated rings. The quantitative estimate of drug-likeness (QED) is 0.835. The Morgan fingerprint density at radius 3 is 2.44 bits per heavy atom. The van der Waals surface area contributed by atoms with Crippen LogP contribution in [0.4, 0.5) is 19.1 Å². The molecule has 0 radical (unpaired) electrons. The molecule has 0 amide bonds. The summed E-state index contributed by atoms with van der Waals surface area (Å²) in [6.45, 7) is 1.96. The van der Waals surface area contributed by atoms with E-state index in [1.165, 1.54) is 12.1 Å². The summed E-state index contributed by atoms with van der Waals surface area (Å²) in [6, 6.07) is 2.70. The first-order valence-electron chi connectivity index (χ1n) is 5.34. The van der Waals surface area contributed by atoms with Crippen molar-refractivity contribution in [3.05, 3.63) is 17.9 Å². The van der Waals surface area contributed by atoms with Gasteiger partial charge in [-0.05, 0) is 12.5 Å². The zero-order valence-electron chi connectivity index (χ0n) is 9.99. The van der Waals surface area contributed by atoms with Crippen LogP contribution in [-0.2, 0) is 16.4 Å².